The lowest BCUT2D eigenvalue weighted by Gasteiger charge is -2.28. The van der Waals surface area contributed by atoms with E-state index >= 15 is 0 Å². The SMILES string of the molecule is CCN(CC(=O)NCC1COc2ccccc2O1)c1ccc(C)cc1C. The van der Waals surface area contributed by atoms with Gasteiger partial charge < -0.3 is 19.7 Å². The quantitative estimate of drug-likeness (QED) is 0.866. The molecule has 138 valence electrons. The normalized spacial score (nSPS) is 15.4. The average molecular weight is 354 g/mol. The van der Waals surface area contributed by atoms with Crippen LogP contribution in [0.15, 0.2) is 42.5 Å². The largest absolute Gasteiger partial charge is 0.486 e. The number of aryl methyl sites for hydroxylation is 2. The summed E-state index contributed by atoms with van der Waals surface area (Å²) in [6, 6.07) is 13.9. The second kappa shape index (κ2) is 8.13. The molecule has 0 aliphatic carbocycles. The average Bonchev–Trinajstić information content (AvgIpc) is 2.65. The highest BCUT2D eigenvalue weighted by Crippen LogP contribution is 2.30. The van der Waals surface area contributed by atoms with E-state index in [1.807, 2.05) is 24.3 Å². The lowest BCUT2D eigenvalue weighted by molar-refractivity contribution is -0.120. The molecule has 1 unspecified atom stereocenters. The maximum atomic E-state index is 12.4. The predicted molar refractivity (Wildman–Crippen MR) is 103 cm³/mol. The molecule has 1 aliphatic heterocycles. The number of rotatable bonds is 6. The molecule has 0 bridgehead atoms. The van der Waals surface area contributed by atoms with Crippen molar-refractivity contribution in [1.82, 2.24) is 5.32 Å². The first-order valence-electron chi connectivity index (χ1n) is 9.04. The fourth-order valence-corrected chi connectivity index (χ4v) is 3.15. The van der Waals surface area contributed by atoms with E-state index < -0.39 is 0 Å². The van der Waals surface area contributed by atoms with Gasteiger partial charge in [-0.3, -0.25) is 4.79 Å². The van der Waals surface area contributed by atoms with Crippen LogP contribution in [0.2, 0.25) is 0 Å². The van der Waals surface area contributed by atoms with Gasteiger partial charge in [0, 0.05) is 12.2 Å². The van der Waals surface area contributed by atoms with Crippen LogP contribution in [-0.4, -0.2) is 38.3 Å². The predicted octanol–water partition coefficient (Wildman–Crippen LogP) is 3.09. The number of ether oxygens (including phenoxy) is 2. The van der Waals surface area contributed by atoms with Gasteiger partial charge in [0.2, 0.25) is 5.91 Å². The summed E-state index contributed by atoms with van der Waals surface area (Å²) in [4.78, 5) is 14.5. The number of carbonyl (C=O) groups is 1. The van der Waals surface area contributed by atoms with Gasteiger partial charge in [-0.1, -0.05) is 29.8 Å². The number of para-hydroxylation sites is 2. The van der Waals surface area contributed by atoms with E-state index in [1.54, 1.807) is 0 Å². The Balaban J connectivity index is 1.53. The molecule has 0 spiro atoms. The van der Waals surface area contributed by atoms with Crippen molar-refractivity contribution in [1.29, 1.82) is 0 Å². The molecular formula is C21H26N2O3. The van der Waals surface area contributed by atoms with Crippen LogP contribution < -0.4 is 19.7 Å². The van der Waals surface area contributed by atoms with Gasteiger partial charge in [-0.15, -0.1) is 0 Å². The Morgan fingerprint density at radius 2 is 1.96 bits per heavy atom. The van der Waals surface area contributed by atoms with Gasteiger partial charge in [0.15, 0.2) is 11.5 Å². The van der Waals surface area contributed by atoms with Crippen molar-refractivity contribution in [3.8, 4) is 11.5 Å². The smallest absolute Gasteiger partial charge is 0.239 e. The van der Waals surface area contributed by atoms with Gasteiger partial charge in [-0.25, -0.2) is 0 Å². The van der Waals surface area contributed by atoms with Gasteiger partial charge >= 0.3 is 0 Å². The van der Waals surface area contributed by atoms with Crippen LogP contribution in [0.1, 0.15) is 18.1 Å². The molecule has 1 aliphatic rings. The first-order chi connectivity index (χ1) is 12.6. The highest BCUT2D eigenvalue weighted by atomic mass is 16.6. The van der Waals surface area contributed by atoms with Crippen molar-refractivity contribution in [3.05, 3.63) is 53.6 Å². The van der Waals surface area contributed by atoms with E-state index in [2.05, 4.69) is 49.2 Å². The van der Waals surface area contributed by atoms with Crippen molar-refractivity contribution < 1.29 is 14.3 Å². The molecule has 0 aromatic heterocycles. The van der Waals surface area contributed by atoms with Crippen LogP contribution in [-0.2, 0) is 4.79 Å². The number of hydrogen-bond acceptors (Lipinski definition) is 4. The Hall–Kier alpha value is -2.69. The summed E-state index contributed by atoms with van der Waals surface area (Å²) in [5, 5.41) is 2.96. The van der Waals surface area contributed by atoms with Crippen LogP contribution in [0.4, 0.5) is 5.69 Å². The summed E-state index contributed by atoms with van der Waals surface area (Å²) in [5.74, 6) is 1.46. The second-order valence-electron chi connectivity index (χ2n) is 6.61. The van der Waals surface area contributed by atoms with E-state index in [-0.39, 0.29) is 12.0 Å². The van der Waals surface area contributed by atoms with E-state index in [9.17, 15) is 4.79 Å². The fourth-order valence-electron chi connectivity index (χ4n) is 3.15. The molecule has 1 amide bonds. The zero-order valence-corrected chi connectivity index (χ0v) is 15.6. The lowest BCUT2D eigenvalue weighted by Crippen LogP contribution is -2.44. The third-order valence-corrected chi connectivity index (χ3v) is 4.50. The Morgan fingerprint density at radius 3 is 2.69 bits per heavy atom. The number of hydrogen-bond donors (Lipinski definition) is 1. The summed E-state index contributed by atoms with van der Waals surface area (Å²) in [7, 11) is 0. The highest BCUT2D eigenvalue weighted by Gasteiger charge is 2.21. The van der Waals surface area contributed by atoms with Crippen LogP contribution in [0.25, 0.3) is 0 Å². The number of likely N-dealkylation sites (N-methyl/N-ethyl adjacent to an activating group) is 1. The summed E-state index contributed by atoms with van der Waals surface area (Å²) in [6.07, 6.45) is -0.176. The maximum absolute atomic E-state index is 12.4. The van der Waals surface area contributed by atoms with Crippen LogP contribution in [0, 0.1) is 13.8 Å². The van der Waals surface area contributed by atoms with Gasteiger partial charge in [0.25, 0.3) is 0 Å². The molecule has 2 aromatic rings. The lowest BCUT2D eigenvalue weighted by atomic mass is 10.1. The van der Waals surface area contributed by atoms with Crippen molar-refractivity contribution in [2.45, 2.75) is 26.9 Å². The summed E-state index contributed by atoms with van der Waals surface area (Å²) >= 11 is 0. The monoisotopic (exact) mass is 354 g/mol. The molecular weight excluding hydrogens is 328 g/mol. The van der Waals surface area contributed by atoms with Crippen molar-refractivity contribution >= 4 is 11.6 Å². The van der Waals surface area contributed by atoms with Gasteiger partial charge in [0.05, 0.1) is 13.1 Å². The number of nitrogens with one attached hydrogen (secondary N) is 1. The minimum Gasteiger partial charge on any atom is -0.486 e. The van der Waals surface area contributed by atoms with Gasteiger partial charge in [-0.2, -0.15) is 0 Å². The zero-order chi connectivity index (χ0) is 18.5. The van der Waals surface area contributed by atoms with Crippen LogP contribution in [0.5, 0.6) is 11.5 Å². The minimum atomic E-state index is -0.176. The van der Waals surface area contributed by atoms with Crippen molar-refractivity contribution in [2.75, 3.05) is 31.1 Å². The number of anilines is 1. The summed E-state index contributed by atoms with van der Waals surface area (Å²) < 4.78 is 11.6. The Labute approximate surface area is 154 Å². The van der Waals surface area contributed by atoms with E-state index in [1.165, 1.54) is 11.1 Å². The topological polar surface area (TPSA) is 50.8 Å². The Morgan fingerprint density at radius 1 is 1.19 bits per heavy atom. The zero-order valence-electron chi connectivity index (χ0n) is 15.6. The Kier molecular flexibility index (Phi) is 5.66. The number of carbonyl (C=O) groups excluding carboxylic acids is 1. The molecule has 0 saturated carbocycles. The molecule has 26 heavy (non-hydrogen) atoms. The van der Waals surface area contributed by atoms with Gasteiger partial charge in [-0.05, 0) is 44.5 Å². The van der Waals surface area contributed by atoms with Crippen molar-refractivity contribution in [2.24, 2.45) is 0 Å². The fraction of sp³-hybridized carbons (Fsp3) is 0.381. The maximum Gasteiger partial charge on any atom is 0.239 e. The third kappa shape index (κ3) is 4.28. The molecule has 2 aromatic carbocycles. The number of nitrogens with zero attached hydrogens (tertiary/aromatic N) is 1. The van der Waals surface area contributed by atoms with Crippen molar-refractivity contribution in [3.63, 3.8) is 0 Å². The second-order valence-corrected chi connectivity index (χ2v) is 6.61. The summed E-state index contributed by atoms with van der Waals surface area (Å²) in [6.45, 7) is 8.17. The minimum absolute atomic E-state index is 0.0192. The van der Waals surface area contributed by atoms with Crippen LogP contribution in [0.3, 0.4) is 0 Å². The molecule has 0 fully saturated rings. The molecule has 1 heterocycles. The molecule has 5 nitrogen and oxygen atoms in total. The first-order valence-corrected chi connectivity index (χ1v) is 9.04. The molecule has 0 radical (unpaired) electrons. The molecule has 1 N–H and O–H groups in total. The molecule has 0 saturated heterocycles. The molecule has 3 rings (SSSR count). The van der Waals surface area contributed by atoms with E-state index in [0.29, 0.717) is 19.7 Å². The van der Waals surface area contributed by atoms with Gasteiger partial charge in [0.1, 0.15) is 12.7 Å². The van der Waals surface area contributed by atoms with E-state index in [4.69, 9.17) is 9.47 Å². The number of amides is 1. The van der Waals surface area contributed by atoms with E-state index in [0.717, 1.165) is 23.7 Å². The Bertz CT molecular complexity index is 776. The standard InChI is InChI=1S/C21H26N2O3/c1-4-23(18-10-9-15(2)11-16(18)3)13-21(24)22-12-17-14-25-19-7-5-6-8-20(19)26-17/h5-11,17H,4,12-14H2,1-3H3,(H,22,24). The summed E-state index contributed by atoms with van der Waals surface area (Å²) in [5.41, 5.74) is 3.50. The highest BCUT2D eigenvalue weighted by molar-refractivity contribution is 5.81. The number of fused-ring (bicyclic) bond motifs is 1. The molecule has 5 heteroatoms. The first kappa shape index (κ1) is 18.1. The molecule has 1 atom stereocenters. The third-order valence-electron chi connectivity index (χ3n) is 4.50. The van der Waals surface area contributed by atoms with Crippen LogP contribution >= 0.6 is 0 Å². The number of benzene rings is 2.